The Morgan fingerprint density at radius 2 is 1.87 bits per heavy atom. The molecule has 4 aliphatic carbocycles. The Kier molecular flexibility index (Phi) is 7.31. The normalized spacial score (nSPS) is 35.0. The summed E-state index contributed by atoms with van der Waals surface area (Å²) in [5.74, 6) is 2.14. The molecule has 1 aromatic carbocycles. The number of Topliss-reactive ketones (excluding diaryl/α,β-unsaturated/α-hetero) is 1. The maximum Gasteiger partial charge on any atom is 0.260 e. The second-order valence-corrected chi connectivity index (χ2v) is 12.6. The highest BCUT2D eigenvalue weighted by atomic mass is 16.6. The fourth-order valence-electron chi connectivity index (χ4n) is 8.61. The van der Waals surface area contributed by atoms with Crippen LogP contribution < -0.4 is 5.32 Å². The molecule has 0 aromatic heterocycles. The van der Waals surface area contributed by atoms with Crippen molar-refractivity contribution in [2.45, 2.75) is 78.6 Å². The molecule has 206 valence electrons. The molecule has 4 aliphatic rings. The monoisotopic (exact) mass is 522 g/mol. The van der Waals surface area contributed by atoms with E-state index in [1.807, 2.05) is 0 Å². The second kappa shape index (κ2) is 10.4. The maximum absolute atomic E-state index is 12.4. The average Bonchev–Trinajstić information content (AvgIpc) is 3.24. The number of nitrogens with zero attached hydrogens (tertiary/aromatic N) is 1. The van der Waals surface area contributed by atoms with Crippen LogP contribution >= 0.6 is 0 Å². The fraction of sp³-hybridized carbons (Fsp3) is 0.645. The number of ketones is 1. The zero-order chi connectivity index (χ0) is 27.1. The van der Waals surface area contributed by atoms with Crippen molar-refractivity contribution in [2.24, 2.45) is 39.7 Å². The van der Waals surface area contributed by atoms with Crippen LogP contribution in [0, 0.1) is 34.5 Å². The van der Waals surface area contributed by atoms with E-state index in [0.29, 0.717) is 36.5 Å². The van der Waals surface area contributed by atoms with Crippen molar-refractivity contribution in [2.75, 3.05) is 13.2 Å². The van der Waals surface area contributed by atoms with Crippen molar-refractivity contribution in [3.8, 4) is 11.5 Å². The number of fused-ring (bicyclic) bond motifs is 5. The van der Waals surface area contributed by atoms with Crippen LogP contribution in [0.15, 0.2) is 35.0 Å². The number of aromatic hydroxyl groups is 2. The van der Waals surface area contributed by atoms with Crippen molar-refractivity contribution in [1.29, 1.82) is 0 Å². The zero-order valence-corrected chi connectivity index (χ0v) is 23.0. The number of phenols is 2. The first-order valence-corrected chi connectivity index (χ1v) is 14.3. The van der Waals surface area contributed by atoms with E-state index in [2.05, 4.69) is 30.4 Å². The number of carbonyl (C=O) groups is 2. The van der Waals surface area contributed by atoms with Crippen molar-refractivity contribution in [3.63, 3.8) is 0 Å². The highest BCUT2D eigenvalue weighted by molar-refractivity contribution is 5.96. The second-order valence-electron chi connectivity index (χ2n) is 12.6. The topological polar surface area (TPSA) is 108 Å². The van der Waals surface area contributed by atoms with Gasteiger partial charge in [-0.3, -0.25) is 9.59 Å². The summed E-state index contributed by atoms with van der Waals surface area (Å²) in [6.07, 6.45) is 11.6. The Bertz CT molecular complexity index is 1160. The first kappa shape index (κ1) is 26.8. The highest BCUT2D eigenvalue weighted by Gasteiger charge is 2.59. The Hall–Kier alpha value is -2.83. The van der Waals surface area contributed by atoms with Gasteiger partial charge in [-0.25, -0.2) is 0 Å². The van der Waals surface area contributed by atoms with Crippen LogP contribution in [0.1, 0.15) is 77.7 Å². The van der Waals surface area contributed by atoms with Crippen LogP contribution in [-0.2, 0) is 20.8 Å². The molecule has 0 spiro atoms. The lowest BCUT2D eigenvalue weighted by atomic mass is 9.46. The molecule has 7 heteroatoms. The van der Waals surface area contributed by atoms with Gasteiger partial charge in [-0.15, -0.1) is 0 Å². The number of hydrogen-bond acceptors (Lipinski definition) is 6. The lowest BCUT2D eigenvalue weighted by Crippen LogP contribution is -2.51. The molecular formula is C31H42N2O5. The van der Waals surface area contributed by atoms with Crippen LogP contribution in [0.3, 0.4) is 0 Å². The Balaban J connectivity index is 1.14. The van der Waals surface area contributed by atoms with E-state index in [0.717, 1.165) is 37.0 Å². The minimum Gasteiger partial charge on any atom is -0.504 e. The van der Waals surface area contributed by atoms with Gasteiger partial charge in [0, 0.05) is 12.5 Å². The number of phenolic OH excluding ortho intramolecular Hbond substituents is 2. The highest BCUT2D eigenvalue weighted by Crippen LogP contribution is 2.66. The molecule has 1 aromatic rings. The summed E-state index contributed by atoms with van der Waals surface area (Å²) >= 11 is 0. The molecule has 38 heavy (non-hydrogen) atoms. The van der Waals surface area contributed by atoms with Crippen LogP contribution in [0.25, 0.3) is 0 Å². The lowest BCUT2D eigenvalue weighted by molar-refractivity contribution is -0.128. The molecule has 1 amide bonds. The first-order valence-electron chi connectivity index (χ1n) is 14.3. The van der Waals surface area contributed by atoms with Gasteiger partial charge >= 0.3 is 0 Å². The summed E-state index contributed by atoms with van der Waals surface area (Å²) in [5, 5.41) is 26.1. The van der Waals surface area contributed by atoms with E-state index in [-0.39, 0.29) is 40.8 Å². The first-order chi connectivity index (χ1) is 18.1. The Labute approximate surface area is 225 Å². The third-order valence-electron chi connectivity index (χ3n) is 10.6. The molecule has 3 N–H and O–H groups in total. The summed E-state index contributed by atoms with van der Waals surface area (Å²) in [4.78, 5) is 30.0. The molecule has 0 unspecified atom stereocenters. The average molecular weight is 523 g/mol. The van der Waals surface area contributed by atoms with E-state index in [4.69, 9.17) is 4.84 Å². The quantitative estimate of drug-likeness (QED) is 0.333. The maximum atomic E-state index is 12.4. The molecule has 0 radical (unpaired) electrons. The van der Waals surface area contributed by atoms with Crippen LogP contribution in [0.2, 0.25) is 0 Å². The SMILES string of the molecule is CC(=O)[C@@H]1CC[C@@H]2[C@H]3CCC4=C/C(=N/OCC(=O)NCCc5ccc(O)c(O)c5)CC[C@]4(C)[C@H]3CC[C@@]21C. The Morgan fingerprint density at radius 3 is 2.63 bits per heavy atom. The van der Waals surface area contributed by atoms with Crippen LogP contribution in [0.5, 0.6) is 11.5 Å². The number of amides is 1. The lowest BCUT2D eigenvalue weighted by Gasteiger charge is -2.58. The summed E-state index contributed by atoms with van der Waals surface area (Å²) < 4.78 is 0. The minimum absolute atomic E-state index is 0.132. The number of benzene rings is 1. The third kappa shape index (κ3) is 4.85. The largest absolute Gasteiger partial charge is 0.504 e. The Morgan fingerprint density at radius 1 is 1.05 bits per heavy atom. The third-order valence-corrected chi connectivity index (χ3v) is 10.6. The van der Waals surface area contributed by atoms with Gasteiger partial charge in [0.05, 0.1) is 5.71 Å². The van der Waals surface area contributed by atoms with E-state index in [1.165, 1.54) is 43.4 Å². The van der Waals surface area contributed by atoms with Gasteiger partial charge in [-0.1, -0.05) is 30.6 Å². The molecule has 0 heterocycles. The predicted octanol–water partition coefficient (Wildman–Crippen LogP) is 5.30. The van der Waals surface area contributed by atoms with E-state index in [1.54, 1.807) is 13.0 Å². The van der Waals surface area contributed by atoms with Gasteiger partial charge in [0.15, 0.2) is 18.1 Å². The van der Waals surface area contributed by atoms with Gasteiger partial charge in [-0.05, 0) is 117 Å². The fourth-order valence-corrected chi connectivity index (χ4v) is 8.61. The van der Waals surface area contributed by atoms with Crippen molar-refractivity contribution in [1.82, 2.24) is 5.32 Å². The van der Waals surface area contributed by atoms with Crippen molar-refractivity contribution in [3.05, 3.63) is 35.4 Å². The molecule has 5 rings (SSSR count). The van der Waals surface area contributed by atoms with E-state index < -0.39 is 0 Å². The zero-order valence-electron chi connectivity index (χ0n) is 23.0. The summed E-state index contributed by atoms with van der Waals surface area (Å²) in [6.45, 7) is 6.92. The van der Waals surface area contributed by atoms with Gasteiger partial charge in [-0.2, -0.15) is 0 Å². The molecule has 0 bridgehead atoms. The number of nitrogens with one attached hydrogen (secondary N) is 1. The molecule has 3 saturated carbocycles. The van der Waals surface area contributed by atoms with Crippen LogP contribution in [0.4, 0.5) is 0 Å². The van der Waals surface area contributed by atoms with E-state index >= 15 is 0 Å². The summed E-state index contributed by atoms with van der Waals surface area (Å²) in [7, 11) is 0. The van der Waals surface area contributed by atoms with Crippen molar-refractivity contribution >= 4 is 17.4 Å². The van der Waals surface area contributed by atoms with Crippen LogP contribution in [-0.4, -0.2) is 40.8 Å². The molecule has 7 nitrogen and oxygen atoms in total. The summed E-state index contributed by atoms with van der Waals surface area (Å²) in [6, 6.07) is 4.64. The number of allylic oxidation sites excluding steroid dienone is 2. The molecule has 0 saturated heterocycles. The number of rotatable bonds is 7. The van der Waals surface area contributed by atoms with Gasteiger partial charge in [0.25, 0.3) is 5.91 Å². The number of oxime groups is 1. The number of hydrogen-bond donors (Lipinski definition) is 3. The standard InChI is InChI=1S/C31H42N2O5/c1-19(34)24-7-8-25-23-6-5-21-17-22(10-13-30(21,2)26(23)11-14-31(24,25)3)33-38-18-29(37)32-15-12-20-4-9-27(35)28(36)16-20/h4,9,16-17,23-26,35-36H,5-8,10-15,18H2,1-3H3,(H,32,37)/b33-22+/t23-,24+,25-,26+,30+,31-/m1/s1. The molecule has 0 aliphatic heterocycles. The van der Waals surface area contributed by atoms with Crippen molar-refractivity contribution < 1.29 is 24.6 Å². The summed E-state index contributed by atoms with van der Waals surface area (Å²) in [5.41, 5.74) is 3.60. The molecular weight excluding hydrogens is 480 g/mol. The van der Waals surface area contributed by atoms with Gasteiger partial charge in [0.2, 0.25) is 0 Å². The van der Waals surface area contributed by atoms with E-state index in [9.17, 15) is 19.8 Å². The number of carbonyl (C=O) groups excluding carboxylic acids is 2. The minimum atomic E-state index is -0.239. The predicted molar refractivity (Wildman–Crippen MR) is 146 cm³/mol. The molecule has 3 fully saturated rings. The van der Waals surface area contributed by atoms with Gasteiger partial charge in [0.1, 0.15) is 5.78 Å². The van der Waals surface area contributed by atoms with Gasteiger partial charge < -0.3 is 20.4 Å². The smallest absolute Gasteiger partial charge is 0.260 e. The molecule has 6 atom stereocenters.